The normalized spacial score (nSPS) is 15.7. The molecule has 0 aliphatic heterocycles. The summed E-state index contributed by atoms with van der Waals surface area (Å²) in [5.74, 6) is 0.113. The zero-order chi connectivity index (χ0) is 17.9. The Morgan fingerprint density at radius 2 is 1.72 bits per heavy atom. The molecule has 0 saturated heterocycles. The Labute approximate surface area is 158 Å². The van der Waals surface area contributed by atoms with Crippen LogP contribution in [0.1, 0.15) is 30.4 Å². The summed E-state index contributed by atoms with van der Waals surface area (Å²) in [5.41, 5.74) is 2.91. The Bertz CT molecular complexity index is 719. The van der Waals surface area contributed by atoms with Crippen LogP contribution in [-0.2, 0) is 16.6 Å². The Morgan fingerprint density at radius 1 is 1.08 bits per heavy atom. The van der Waals surface area contributed by atoms with Gasteiger partial charge in [0.25, 0.3) is 0 Å². The van der Waals surface area contributed by atoms with Crippen molar-refractivity contribution >= 4 is 27.5 Å². The molecule has 0 unspecified atom stereocenters. The van der Waals surface area contributed by atoms with Gasteiger partial charge in [0.05, 0.1) is 5.41 Å². The molecule has 0 radical (unpaired) electrons. The van der Waals surface area contributed by atoms with Crippen LogP contribution in [0.25, 0.3) is 0 Å². The van der Waals surface area contributed by atoms with Crippen molar-refractivity contribution in [1.82, 2.24) is 4.90 Å². The molecule has 1 fully saturated rings. The minimum atomic E-state index is -0.371. The topological polar surface area (TPSA) is 32.3 Å². The lowest BCUT2D eigenvalue weighted by Crippen LogP contribution is -2.46. The molecule has 2 aromatic rings. The summed E-state index contributed by atoms with van der Waals surface area (Å²) in [6.07, 6.45) is 3.96. The molecule has 1 aliphatic rings. The van der Waals surface area contributed by atoms with E-state index in [4.69, 9.17) is 0 Å². The van der Waals surface area contributed by atoms with Gasteiger partial charge >= 0.3 is 0 Å². The van der Waals surface area contributed by atoms with Gasteiger partial charge in [0.2, 0.25) is 5.91 Å². The van der Waals surface area contributed by atoms with Gasteiger partial charge in [0.15, 0.2) is 0 Å². The maximum Gasteiger partial charge on any atom is 0.235 e. The Kier molecular flexibility index (Phi) is 5.60. The van der Waals surface area contributed by atoms with E-state index in [2.05, 4.69) is 64.5 Å². The third kappa shape index (κ3) is 4.13. The number of carbonyl (C=O) groups is 1. The highest BCUT2D eigenvalue weighted by Crippen LogP contribution is 2.44. The number of nitrogens with one attached hydrogen (secondary N) is 1. The summed E-state index contributed by atoms with van der Waals surface area (Å²) in [4.78, 5) is 15.1. The van der Waals surface area contributed by atoms with Crippen LogP contribution in [0.5, 0.6) is 0 Å². The molecule has 3 rings (SSSR count). The van der Waals surface area contributed by atoms with Crippen LogP contribution >= 0.6 is 15.9 Å². The second kappa shape index (κ2) is 7.71. The van der Waals surface area contributed by atoms with E-state index in [-0.39, 0.29) is 11.3 Å². The molecule has 3 nitrogen and oxygen atoms in total. The molecule has 0 bridgehead atoms. The van der Waals surface area contributed by atoms with E-state index in [0.717, 1.165) is 48.0 Å². The first kappa shape index (κ1) is 18.2. The molecule has 0 heterocycles. The second-order valence-electron chi connectivity index (χ2n) is 7.15. The van der Waals surface area contributed by atoms with Crippen molar-refractivity contribution in [2.24, 2.45) is 0 Å². The van der Waals surface area contributed by atoms with Gasteiger partial charge in [-0.25, -0.2) is 0 Å². The van der Waals surface area contributed by atoms with E-state index in [0.29, 0.717) is 0 Å². The second-order valence-corrected chi connectivity index (χ2v) is 8.06. The molecule has 0 aromatic heterocycles. The number of carbonyl (C=O) groups excluding carboxylic acids is 1. The molecule has 25 heavy (non-hydrogen) atoms. The maximum absolute atomic E-state index is 13.0. The van der Waals surface area contributed by atoms with Gasteiger partial charge in [-0.1, -0.05) is 46.6 Å². The molecule has 0 spiro atoms. The van der Waals surface area contributed by atoms with Crippen LogP contribution in [0.2, 0.25) is 0 Å². The predicted molar refractivity (Wildman–Crippen MR) is 107 cm³/mol. The maximum atomic E-state index is 13.0. The first-order valence-corrected chi connectivity index (χ1v) is 9.60. The van der Waals surface area contributed by atoms with E-state index < -0.39 is 0 Å². The zero-order valence-corrected chi connectivity index (χ0v) is 16.5. The molecule has 2 aromatic carbocycles. The number of rotatable bonds is 6. The highest BCUT2D eigenvalue weighted by Gasteiger charge is 2.45. The lowest BCUT2D eigenvalue weighted by molar-refractivity contribution is -0.124. The summed E-state index contributed by atoms with van der Waals surface area (Å²) in [7, 11) is 4.16. The number of halogens is 1. The molecule has 0 atom stereocenters. The number of hydrogen-bond acceptors (Lipinski definition) is 2. The summed E-state index contributed by atoms with van der Waals surface area (Å²) in [5, 5.41) is 3.13. The van der Waals surface area contributed by atoms with Gasteiger partial charge < -0.3 is 10.2 Å². The van der Waals surface area contributed by atoms with Crippen molar-refractivity contribution in [1.29, 1.82) is 0 Å². The van der Waals surface area contributed by atoms with Crippen molar-refractivity contribution in [3.63, 3.8) is 0 Å². The fourth-order valence-corrected chi connectivity index (χ4v) is 3.57. The van der Waals surface area contributed by atoms with Gasteiger partial charge in [-0.2, -0.15) is 0 Å². The lowest BCUT2D eigenvalue weighted by atomic mass is 9.64. The van der Waals surface area contributed by atoms with Crippen molar-refractivity contribution in [3.8, 4) is 0 Å². The van der Waals surface area contributed by atoms with Crippen molar-refractivity contribution in [2.45, 2.75) is 31.1 Å². The standard InChI is InChI=1S/C21H25BrN2O/c1-24(2)15-12-16-4-10-19(11-5-16)23-20(25)21(13-3-14-21)17-6-8-18(22)9-7-17/h4-11H,3,12-15H2,1-2H3,(H,23,25). The Balaban J connectivity index is 1.69. The first-order valence-electron chi connectivity index (χ1n) is 8.81. The van der Waals surface area contributed by atoms with E-state index in [9.17, 15) is 4.79 Å². The summed E-state index contributed by atoms with van der Waals surface area (Å²) in [6, 6.07) is 16.4. The average Bonchev–Trinajstić information content (AvgIpc) is 2.55. The predicted octanol–water partition coefficient (Wildman–Crippen LogP) is 4.61. The highest BCUT2D eigenvalue weighted by atomic mass is 79.9. The molecular weight excluding hydrogens is 376 g/mol. The van der Waals surface area contributed by atoms with Crippen LogP contribution < -0.4 is 5.32 Å². The fraction of sp³-hybridized carbons (Fsp3) is 0.381. The van der Waals surface area contributed by atoms with Crippen LogP contribution in [0.4, 0.5) is 5.69 Å². The van der Waals surface area contributed by atoms with Crippen LogP contribution in [0.15, 0.2) is 53.0 Å². The zero-order valence-electron chi connectivity index (χ0n) is 14.9. The number of nitrogens with zero attached hydrogens (tertiary/aromatic N) is 1. The number of likely N-dealkylation sites (N-methyl/N-ethyl adjacent to an activating group) is 1. The smallest absolute Gasteiger partial charge is 0.235 e. The summed E-state index contributed by atoms with van der Waals surface area (Å²) in [6.45, 7) is 1.03. The first-order chi connectivity index (χ1) is 12.0. The molecule has 132 valence electrons. The van der Waals surface area contributed by atoms with E-state index in [1.165, 1.54) is 5.56 Å². The van der Waals surface area contributed by atoms with E-state index in [1.807, 2.05) is 24.3 Å². The van der Waals surface area contributed by atoms with Crippen LogP contribution in [0.3, 0.4) is 0 Å². The largest absolute Gasteiger partial charge is 0.325 e. The van der Waals surface area contributed by atoms with Gasteiger partial charge in [0, 0.05) is 16.7 Å². The molecule has 1 N–H and O–H groups in total. The van der Waals surface area contributed by atoms with Gasteiger partial charge in [-0.15, -0.1) is 0 Å². The Morgan fingerprint density at radius 3 is 2.24 bits per heavy atom. The highest BCUT2D eigenvalue weighted by molar-refractivity contribution is 9.10. The number of amides is 1. The fourth-order valence-electron chi connectivity index (χ4n) is 3.30. The minimum absolute atomic E-state index is 0.113. The Hall–Kier alpha value is -1.65. The van der Waals surface area contributed by atoms with Gasteiger partial charge in [-0.3, -0.25) is 4.79 Å². The number of anilines is 1. The van der Waals surface area contributed by atoms with Crippen LogP contribution in [0, 0.1) is 0 Å². The van der Waals surface area contributed by atoms with Crippen molar-refractivity contribution in [3.05, 3.63) is 64.1 Å². The summed E-state index contributed by atoms with van der Waals surface area (Å²) >= 11 is 3.47. The lowest BCUT2D eigenvalue weighted by Gasteiger charge is -2.40. The van der Waals surface area contributed by atoms with Crippen molar-refractivity contribution in [2.75, 3.05) is 26.0 Å². The molecule has 1 saturated carbocycles. The summed E-state index contributed by atoms with van der Waals surface area (Å²) < 4.78 is 1.04. The van der Waals surface area contributed by atoms with Gasteiger partial charge in [-0.05, 0) is 68.8 Å². The quantitative estimate of drug-likeness (QED) is 0.767. The average molecular weight is 401 g/mol. The van der Waals surface area contributed by atoms with Gasteiger partial charge in [0.1, 0.15) is 0 Å². The third-order valence-corrected chi connectivity index (χ3v) is 5.63. The molecule has 1 amide bonds. The van der Waals surface area contributed by atoms with E-state index in [1.54, 1.807) is 0 Å². The number of benzene rings is 2. The monoisotopic (exact) mass is 400 g/mol. The molecule has 1 aliphatic carbocycles. The van der Waals surface area contributed by atoms with Crippen LogP contribution in [-0.4, -0.2) is 31.4 Å². The van der Waals surface area contributed by atoms with E-state index >= 15 is 0 Å². The third-order valence-electron chi connectivity index (χ3n) is 5.10. The number of hydrogen-bond donors (Lipinski definition) is 1. The minimum Gasteiger partial charge on any atom is -0.325 e. The van der Waals surface area contributed by atoms with Crippen molar-refractivity contribution < 1.29 is 4.79 Å². The SMILES string of the molecule is CN(C)CCc1ccc(NC(=O)C2(c3ccc(Br)cc3)CCC2)cc1. The molecule has 4 heteroatoms. The molecular formula is C21H25BrN2O.